The van der Waals surface area contributed by atoms with Crippen molar-refractivity contribution < 1.29 is 19.7 Å². The van der Waals surface area contributed by atoms with Crippen molar-refractivity contribution in [2.75, 3.05) is 14.2 Å². The molecule has 2 N–H and O–H groups in total. The summed E-state index contributed by atoms with van der Waals surface area (Å²) < 4.78 is 10.4. The molecule has 0 aliphatic carbocycles. The van der Waals surface area contributed by atoms with Gasteiger partial charge < -0.3 is 19.7 Å². The molecule has 3 rings (SSSR count). The van der Waals surface area contributed by atoms with E-state index in [0.717, 1.165) is 0 Å². The second-order valence-corrected chi connectivity index (χ2v) is 4.36. The first-order chi connectivity index (χ1) is 10.1. The minimum atomic E-state index is -0.116. The third-order valence-electron chi connectivity index (χ3n) is 3.06. The van der Waals surface area contributed by atoms with Gasteiger partial charge >= 0.3 is 0 Å². The van der Waals surface area contributed by atoms with Gasteiger partial charge in [0.2, 0.25) is 0 Å². The summed E-state index contributed by atoms with van der Waals surface area (Å²) in [4.78, 5) is 1.29. The van der Waals surface area contributed by atoms with Crippen LogP contribution >= 0.6 is 0 Å². The van der Waals surface area contributed by atoms with E-state index in [2.05, 4.69) is 10.2 Å². The van der Waals surface area contributed by atoms with E-state index in [9.17, 15) is 10.2 Å². The van der Waals surface area contributed by atoms with Crippen molar-refractivity contribution in [3.05, 3.63) is 30.3 Å². The van der Waals surface area contributed by atoms with E-state index in [1.807, 2.05) is 0 Å². The van der Waals surface area contributed by atoms with Crippen molar-refractivity contribution in [1.82, 2.24) is 15.0 Å². The summed E-state index contributed by atoms with van der Waals surface area (Å²) in [6, 6.07) is 7.61. The average Bonchev–Trinajstić information content (AvgIpc) is 2.87. The number of hydrogen-bond donors (Lipinski definition) is 2. The molecule has 21 heavy (non-hydrogen) atoms. The molecule has 0 fully saturated rings. The number of hydrogen-bond acceptors (Lipinski definition) is 6. The second kappa shape index (κ2) is 4.86. The van der Waals surface area contributed by atoms with Crippen LogP contribution in [0.4, 0.5) is 0 Å². The van der Waals surface area contributed by atoms with E-state index in [-0.39, 0.29) is 11.5 Å². The molecule has 2 aromatic carbocycles. The number of aromatic hydroxyl groups is 2. The monoisotopic (exact) mass is 287 g/mol. The minimum absolute atomic E-state index is 0.0312. The lowest BCUT2D eigenvalue weighted by Crippen LogP contribution is -1.98. The number of rotatable bonds is 3. The van der Waals surface area contributed by atoms with Crippen LogP contribution < -0.4 is 9.47 Å². The van der Waals surface area contributed by atoms with Gasteiger partial charge in [-0.25, -0.2) is 0 Å². The van der Waals surface area contributed by atoms with E-state index in [0.29, 0.717) is 28.2 Å². The second-order valence-electron chi connectivity index (χ2n) is 4.36. The molecular formula is C14H13N3O4. The number of aromatic nitrogens is 3. The summed E-state index contributed by atoms with van der Waals surface area (Å²) >= 11 is 0. The fourth-order valence-electron chi connectivity index (χ4n) is 2.03. The molecule has 1 aromatic heterocycles. The third-order valence-corrected chi connectivity index (χ3v) is 3.06. The largest absolute Gasteiger partial charge is 0.508 e. The van der Waals surface area contributed by atoms with Crippen LogP contribution in [0.1, 0.15) is 0 Å². The Bertz CT molecular complexity index is 772. The van der Waals surface area contributed by atoms with Crippen LogP contribution in [0.15, 0.2) is 30.3 Å². The number of phenolic OH excluding ortho intramolecular Hbond substituents is 2. The summed E-state index contributed by atoms with van der Waals surface area (Å²) in [7, 11) is 3.08. The van der Waals surface area contributed by atoms with E-state index >= 15 is 0 Å². The Labute approximate surface area is 120 Å². The Kier molecular flexibility index (Phi) is 3.02. The highest BCUT2D eigenvalue weighted by atomic mass is 16.5. The Morgan fingerprint density at radius 2 is 1.48 bits per heavy atom. The zero-order chi connectivity index (χ0) is 15.0. The Balaban J connectivity index is 2.16. The predicted molar refractivity (Wildman–Crippen MR) is 75.3 cm³/mol. The molecule has 0 amide bonds. The highest BCUT2D eigenvalue weighted by Gasteiger charge is 2.13. The molecule has 0 saturated carbocycles. The molecule has 0 atom stereocenters. The maximum Gasteiger partial charge on any atom is 0.163 e. The van der Waals surface area contributed by atoms with Gasteiger partial charge in [-0.2, -0.15) is 0 Å². The number of benzene rings is 2. The zero-order valence-corrected chi connectivity index (χ0v) is 11.4. The minimum Gasteiger partial charge on any atom is -0.508 e. The average molecular weight is 287 g/mol. The number of methoxy groups -OCH3 is 2. The summed E-state index contributed by atoms with van der Waals surface area (Å²) in [5.74, 6) is 0.949. The highest BCUT2D eigenvalue weighted by Crippen LogP contribution is 2.32. The van der Waals surface area contributed by atoms with Crippen molar-refractivity contribution in [2.24, 2.45) is 0 Å². The Hall–Kier alpha value is -2.96. The van der Waals surface area contributed by atoms with Gasteiger partial charge in [-0.3, -0.25) is 0 Å². The molecule has 0 unspecified atom stereocenters. The van der Waals surface area contributed by atoms with Gasteiger partial charge in [0.05, 0.1) is 14.2 Å². The van der Waals surface area contributed by atoms with Crippen molar-refractivity contribution in [3.63, 3.8) is 0 Å². The van der Waals surface area contributed by atoms with E-state index in [1.165, 1.54) is 23.0 Å². The van der Waals surface area contributed by atoms with Gasteiger partial charge in [-0.05, 0) is 12.1 Å². The number of fused-ring (bicyclic) bond motifs is 1. The van der Waals surface area contributed by atoms with Crippen LogP contribution in [-0.2, 0) is 0 Å². The number of nitrogens with zero attached hydrogens (tertiary/aromatic N) is 3. The standard InChI is InChI=1S/C14H13N3O4/c1-20-13-6-9-10(7-14(13)21-2)16-17(15-9)11-4-3-8(18)5-12(11)19/h3-7,18-19H,1-2H3. The zero-order valence-electron chi connectivity index (χ0n) is 11.4. The molecule has 1 heterocycles. The van der Waals surface area contributed by atoms with E-state index in [1.54, 1.807) is 26.4 Å². The fourth-order valence-corrected chi connectivity index (χ4v) is 2.03. The van der Waals surface area contributed by atoms with Crippen molar-refractivity contribution in [1.29, 1.82) is 0 Å². The Morgan fingerprint density at radius 3 is 1.95 bits per heavy atom. The first-order valence-corrected chi connectivity index (χ1v) is 6.14. The van der Waals surface area contributed by atoms with Crippen LogP contribution in [0.5, 0.6) is 23.0 Å². The molecule has 7 nitrogen and oxygen atoms in total. The maximum atomic E-state index is 9.86. The predicted octanol–water partition coefficient (Wildman–Crippen LogP) is 1.85. The first kappa shape index (κ1) is 13.0. The molecule has 0 saturated heterocycles. The Morgan fingerprint density at radius 1 is 0.905 bits per heavy atom. The summed E-state index contributed by atoms with van der Waals surface area (Å²) in [5, 5.41) is 27.8. The molecule has 0 aliphatic rings. The van der Waals surface area contributed by atoms with E-state index < -0.39 is 0 Å². The van der Waals surface area contributed by atoms with Gasteiger partial charge in [0.1, 0.15) is 28.2 Å². The van der Waals surface area contributed by atoms with Crippen molar-refractivity contribution >= 4 is 11.0 Å². The van der Waals surface area contributed by atoms with Gasteiger partial charge in [0.25, 0.3) is 0 Å². The summed E-state index contributed by atoms with van der Waals surface area (Å²) in [6.45, 7) is 0. The molecule has 0 spiro atoms. The summed E-state index contributed by atoms with van der Waals surface area (Å²) in [6.07, 6.45) is 0. The van der Waals surface area contributed by atoms with Crippen molar-refractivity contribution in [2.45, 2.75) is 0 Å². The van der Waals surface area contributed by atoms with Crippen LogP contribution in [-0.4, -0.2) is 39.4 Å². The lowest BCUT2D eigenvalue weighted by atomic mass is 10.3. The topological polar surface area (TPSA) is 89.6 Å². The molecular weight excluding hydrogens is 274 g/mol. The lowest BCUT2D eigenvalue weighted by Gasteiger charge is -2.05. The molecule has 0 aliphatic heterocycles. The lowest BCUT2D eigenvalue weighted by molar-refractivity contribution is 0.356. The number of ether oxygens (including phenoxy) is 2. The van der Waals surface area contributed by atoms with Crippen molar-refractivity contribution in [3.8, 4) is 28.7 Å². The van der Waals surface area contributed by atoms with Crippen LogP contribution in [0.25, 0.3) is 16.7 Å². The molecule has 0 bridgehead atoms. The van der Waals surface area contributed by atoms with Crippen LogP contribution in [0.3, 0.4) is 0 Å². The van der Waals surface area contributed by atoms with Gasteiger partial charge in [-0.1, -0.05) is 0 Å². The normalized spacial score (nSPS) is 10.8. The molecule has 7 heteroatoms. The molecule has 108 valence electrons. The fraction of sp³-hybridized carbons (Fsp3) is 0.143. The molecule has 3 aromatic rings. The quantitative estimate of drug-likeness (QED) is 0.764. The van der Waals surface area contributed by atoms with E-state index in [4.69, 9.17) is 9.47 Å². The van der Waals surface area contributed by atoms with Gasteiger partial charge in [-0.15, -0.1) is 15.0 Å². The van der Waals surface area contributed by atoms with Gasteiger partial charge in [0.15, 0.2) is 11.5 Å². The highest BCUT2D eigenvalue weighted by molar-refractivity contribution is 5.79. The summed E-state index contributed by atoms with van der Waals surface area (Å²) in [5.41, 5.74) is 1.56. The van der Waals surface area contributed by atoms with Gasteiger partial charge in [0, 0.05) is 18.2 Å². The van der Waals surface area contributed by atoms with Crippen LogP contribution in [0.2, 0.25) is 0 Å². The maximum absolute atomic E-state index is 9.86. The number of phenols is 2. The van der Waals surface area contributed by atoms with Crippen LogP contribution in [0, 0.1) is 0 Å². The SMILES string of the molecule is COc1cc2nn(-c3ccc(O)cc3O)nc2cc1OC. The first-order valence-electron chi connectivity index (χ1n) is 6.14. The molecule has 0 radical (unpaired) electrons. The smallest absolute Gasteiger partial charge is 0.163 e. The third kappa shape index (κ3) is 2.18.